The van der Waals surface area contributed by atoms with Gasteiger partial charge in [-0.1, -0.05) is 18.2 Å². The van der Waals surface area contributed by atoms with E-state index in [9.17, 15) is 18.0 Å². The molecule has 0 atom stereocenters. The Morgan fingerprint density at radius 2 is 1.80 bits per heavy atom. The summed E-state index contributed by atoms with van der Waals surface area (Å²) in [5.41, 5.74) is 5.80. The Hall–Kier alpha value is -3.13. The maximum Gasteiger partial charge on any atom is 0.416 e. The minimum Gasteiger partial charge on any atom is -0.375 e. The minimum absolute atomic E-state index is 0.0192. The number of aromatic nitrogens is 2. The Morgan fingerprint density at radius 3 is 2.46 bits per heavy atom. The number of benzene rings is 2. The van der Waals surface area contributed by atoms with Gasteiger partial charge in [0.05, 0.1) is 30.2 Å². The highest BCUT2D eigenvalue weighted by Crippen LogP contribution is 2.34. The van der Waals surface area contributed by atoms with E-state index in [1.165, 1.54) is 0 Å². The fourth-order valence-corrected chi connectivity index (χ4v) is 5.11. The molecule has 1 amide bonds. The third-order valence-corrected chi connectivity index (χ3v) is 7.14. The molecule has 1 fully saturated rings. The molecule has 1 aromatic heterocycles. The van der Waals surface area contributed by atoms with Crippen molar-refractivity contribution in [1.82, 2.24) is 14.9 Å². The number of nitrogens with zero attached hydrogens (tertiary/aromatic N) is 2. The maximum atomic E-state index is 13.5. The van der Waals surface area contributed by atoms with Crippen LogP contribution in [0.2, 0.25) is 0 Å². The van der Waals surface area contributed by atoms with Crippen LogP contribution in [-0.4, -0.2) is 40.5 Å². The van der Waals surface area contributed by atoms with Gasteiger partial charge in [-0.15, -0.1) is 0 Å². The summed E-state index contributed by atoms with van der Waals surface area (Å²) >= 11 is 0. The predicted octanol–water partition coefficient (Wildman–Crippen LogP) is 5.80. The zero-order valence-electron chi connectivity index (χ0n) is 19.8. The molecule has 5 nitrogen and oxygen atoms in total. The van der Waals surface area contributed by atoms with E-state index in [1.807, 2.05) is 30.9 Å². The lowest BCUT2D eigenvalue weighted by Crippen LogP contribution is -2.38. The molecule has 3 heterocycles. The fraction of sp³-hybridized carbons (Fsp3) is 0.407. The van der Waals surface area contributed by atoms with Crippen molar-refractivity contribution in [1.29, 1.82) is 0 Å². The number of aromatic amines is 1. The zero-order valence-corrected chi connectivity index (χ0v) is 19.8. The van der Waals surface area contributed by atoms with Gasteiger partial charge in [0.25, 0.3) is 5.91 Å². The number of carbonyl (C=O) groups is 1. The Morgan fingerprint density at radius 1 is 1.09 bits per heavy atom. The van der Waals surface area contributed by atoms with Crippen molar-refractivity contribution in [3.8, 4) is 11.4 Å². The van der Waals surface area contributed by atoms with Crippen molar-refractivity contribution in [3.63, 3.8) is 0 Å². The highest BCUT2D eigenvalue weighted by atomic mass is 19.4. The number of H-pyrrole nitrogens is 1. The van der Waals surface area contributed by atoms with Gasteiger partial charge >= 0.3 is 6.18 Å². The number of imidazole rings is 1. The van der Waals surface area contributed by atoms with Gasteiger partial charge in [-0.25, -0.2) is 4.98 Å². The number of hydrogen-bond donors (Lipinski definition) is 1. The first-order chi connectivity index (χ1) is 16.7. The van der Waals surface area contributed by atoms with E-state index >= 15 is 0 Å². The van der Waals surface area contributed by atoms with Crippen LogP contribution in [0, 0.1) is 13.8 Å². The molecule has 2 aliphatic heterocycles. The number of likely N-dealkylation sites (tertiary alicyclic amines) is 1. The summed E-state index contributed by atoms with van der Waals surface area (Å²) in [4.78, 5) is 23.4. The molecule has 2 aliphatic rings. The van der Waals surface area contributed by atoms with Crippen LogP contribution in [0.15, 0.2) is 36.4 Å². The van der Waals surface area contributed by atoms with Gasteiger partial charge in [0.2, 0.25) is 0 Å². The molecule has 5 rings (SSSR count). The SMILES string of the molecule is Cc1cc(C)c(-c2nc3c([nH]2)COCC3)cc1C(=O)N1CCC(c2ccc(C(F)(F)F)cc2)CC1. The molecule has 1 saturated heterocycles. The van der Waals surface area contributed by atoms with E-state index in [-0.39, 0.29) is 11.8 Å². The molecule has 3 aromatic rings. The number of nitrogens with one attached hydrogen (secondary N) is 1. The average Bonchev–Trinajstić information content (AvgIpc) is 3.27. The summed E-state index contributed by atoms with van der Waals surface area (Å²) in [6.45, 7) is 6.28. The van der Waals surface area contributed by atoms with E-state index in [2.05, 4.69) is 4.98 Å². The molecule has 184 valence electrons. The second-order valence-electron chi connectivity index (χ2n) is 9.48. The predicted molar refractivity (Wildman–Crippen MR) is 126 cm³/mol. The Kier molecular flexibility index (Phi) is 6.17. The van der Waals surface area contributed by atoms with Crippen LogP contribution in [0.1, 0.15) is 62.8 Å². The smallest absolute Gasteiger partial charge is 0.375 e. The van der Waals surface area contributed by atoms with Crippen LogP contribution in [0.3, 0.4) is 0 Å². The van der Waals surface area contributed by atoms with Gasteiger partial charge in [0.1, 0.15) is 5.82 Å². The van der Waals surface area contributed by atoms with Gasteiger partial charge in [0, 0.05) is 30.6 Å². The first-order valence-corrected chi connectivity index (χ1v) is 11.9. The van der Waals surface area contributed by atoms with Gasteiger partial charge in [-0.2, -0.15) is 13.2 Å². The second kappa shape index (κ2) is 9.15. The third-order valence-electron chi connectivity index (χ3n) is 7.14. The number of piperidine rings is 1. The van der Waals surface area contributed by atoms with E-state index < -0.39 is 11.7 Å². The van der Waals surface area contributed by atoms with E-state index in [0.717, 1.165) is 70.9 Å². The van der Waals surface area contributed by atoms with Crippen LogP contribution in [-0.2, 0) is 23.9 Å². The fourth-order valence-electron chi connectivity index (χ4n) is 5.11. The van der Waals surface area contributed by atoms with Crippen LogP contribution in [0.4, 0.5) is 13.2 Å². The van der Waals surface area contributed by atoms with Crippen LogP contribution in [0.5, 0.6) is 0 Å². The lowest BCUT2D eigenvalue weighted by atomic mass is 9.88. The van der Waals surface area contributed by atoms with Gasteiger partial charge < -0.3 is 14.6 Å². The van der Waals surface area contributed by atoms with Gasteiger partial charge in [0.15, 0.2) is 0 Å². The zero-order chi connectivity index (χ0) is 24.7. The molecule has 0 unspecified atom stereocenters. The van der Waals surface area contributed by atoms with E-state index in [0.29, 0.717) is 31.9 Å². The topological polar surface area (TPSA) is 58.2 Å². The highest BCUT2D eigenvalue weighted by molar-refractivity contribution is 5.97. The molecular formula is C27H28F3N3O2. The number of ether oxygens (including phenoxy) is 1. The second-order valence-corrected chi connectivity index (χ2v) is 9.48. The van der Waals surface area contributed by atoms with E-state index in [4.69, 9.17) is 9.72 Å². The molecule has 2 aromatic carbocycles. The van der Waals surface area contributed by atoms with Crippen LogP contribution < -0.4 is 0 Å². The summed E-state index contributed by atoms with van der Waals surface area (Å²) in [5.74, 6) is 0.884. The summed E-state index contributed by atoms with van der Waals surface area (Å²) in [6, 6.07) is 9.37. The number of alkyl halides is 3. The van der Waals surface area contributed by atoms with Crippen LogP contribution in [0.25, 0.3) is 11.4 Å². The number of hydrogen-bond acceptors (Lipinski definition) is 3. The number of aryl methyl sites for hydroxylation is 2. The number of carbonyl (C=O) groups excluding carboxylic acids is 1. The Balaban J connectivity index is 1.31. The summed E-state index contributed by atoms with van der Waals surface area (Å²) in [7, 11) is 0. The highest BCUT2D eigenvalue weighted by Gasteiger charge is 2.31. The van der Waals surface area contributed by atoms with Crippen molar-refractivity contribution >= 4 is 5.91 Å². The first kappa shape index (κ1) is 23.6. The number of fused-ring (bicyclic) bond motifs is 1. The lowest BCUT2D eigenvalue weighted by Gasteiger charge is -2.33. The van der Waals surface area contributed by atoms with Crippen molar-refractivity contribution in [2.75, 3.05) is 19.7 Å². The molecule has 8 heteroatoms. The molecule has 0 saturated carbocycles. The molecule has 0 radical (unpaired) electrons. The quantitative estimate of drug-likeness (QED) is 0.512. The van der Waals surface area contributed by atoms with Crippen molar-refractivity contribution < 1.29 is 22.7 Å². The Labute approximate surface area is 202 Å². The number of halogens is 3. The maximum absolute atomic E-state index is 13.5. The number of rotatable bonds is 3. The third kappa shape index (κ3) is 4.72. The molecule has 0 aliphatic carbocycles. The molecule has 1 N–H and O–H groups in total. The minimum atomic E-state index is -4.33. The largest absolute Gasteiger partial charge is 0.416 e. The summed E-state index contributed by atoms with van der Waals surface area (Å²) in [5, 5.41) is 0. The number of amides is 1. The molecular weight excluding hydrogens is 455 g/mol. The van der Waals surface area contributed by atoms with Crippen molar-refractivity contribution in [2.45, 2.75) is 51.8 Å². The lowest BCUT2D eigenvalue weighted by molar-refractivity contribution is -0.137. The monoisotopic (exact) mass is 483 g/mol. The first-order valence-electron chi connectivity index (χ1n) is 11.9. The van der Waals surface area contributed by atoms with E-state index in [1.54, 1.807) is 12.1 Å². The Bertz CT molecular complexity index is 1220. The van der Waals surface area contributed by atoms with Gasteiger partial charge in [-0.05, 0) is 67.5 Å². The average molecular weight is 484 g/mol. The molecule has 0 spiro atoms. The standard InChI is InChI=1S/C27H28F3N3O2/c1-16-13-17(2)22(14-21(16)25-31-23-9-12-35-15-24(23)32-25)26(34)33-10-7-19(8-11-33)18-3-5-20(6-4-18)27(28,29)30/h3-6,13-14,19H,7-12,15H2,1-2H3,(H,31,32). The van der Waals surface area contributed by atoms with Crippen molar-refractivity contribution in [2.24, 2.45) is 0 Å². The van der Waals surface area contributed by atoms with Crippen LogP contribution >= 0.6 is 0 Å². The molecule has 0 bridgehead atoms. The molecule has 35 heavy (non-hydrogen) atoms. The normalized spacial score (nSPS) is 16.9. The summed E-state index contributed by atoms with van der Waals surface area (Å²) < 4.78 is 44.1. The summed E-state index contributed by atoms with van der Waals surface area (Å²) in [6.07, 6.45) is -2.11. The van der Waals surface area contributed by atoms with Gasteiger partial charge in [-0.3, -0.25) is 4.79 Å². The van der Waals surface area contributed by atoms with Crippen molar-refractivity contribution in [3.05, 3.63) is 75.6 Å².